The van der Waals surface area contributed by atoms with E-state index < -0.39 is 5.60 Å². The lowest BCUT2D eigenvalue weighted by Crippen LogP contribution is -2.38. The Kier molecular flexibility index (Phi) is 3.50. The molecule has 12 heavy (non-hydrogen) atoms. The van der Waals surface area contributed by atoms with Gasteiger partial charge in [0.05, 0.1) is 18.3 Å². The first-order valence-electron chi connectivity index (χ1n) is 4.63. The fourth-order valence-corrected chi connectivity index (χ4v) is 1.28. The Morgan fingerprint density at radius 3 is 2.83 bits per heavy atom. The van der Waals surface area contributed by atoms with Crippen molar-refractivity contribution < 1.29 is 9.84 Å². The number of ether oxygens (including phenoxy) is 1. The summed E-state index contributed by atoms with van der Waals surface area (Å²) in [5, 5.41) is 12.7. The van der Waals surface area contributed by atoms with Gasteiger partial charge in [-0.1, -0.05) is 0 Å². The van der Waals surface area contributed by atoms with Crippen molar-refractivity contribution in [3.05, 3.63) is 0 Å². The molecule has 1 atom stereocenters. The third-order valence-electron chi connectivity index (χ3n) is 1.92. The molecule has 0 aromatic rings. The van der Waals surface area contributed by atoms with Crippen LogP contribution >= 0.6 is 0 Å². The second-order valence-electron chi connectivity index (χ2n) is 4.09. The molecule has 1 aliphatic rings. The first kappa shape index (κ1) is 9.96. The van der Waals surface area contributed by atoms with Crippen LogP contribution in [0.25, 0.3) is 0 Å². The number of rotatable bonds is 3. The van der Waals surface area contributed by atoms with Crippen LogP contribution in [0.5, 0.6) is 0 Å². The van der Waals surface area contributed by atoms with Crippen LogP contribution in [0.1, 0.15) is 26.7 Å². The Bertz CT molecular complexity index is 125. The first-order valence-corrected chi connectivity index (χ1v) is 4.63. The van der Waals surface area contributed by atoms with Gasteiger partial charge in [0.25, 0.3) is 0 Å². The van der Waals surface area contributed by atoms with Crippen molar-refractivity contribution in [2.45, 2.75) is 38.4 Å². The Balaban J connectivity index is 2.13. The number of aliphatic hydroxyl groups is 1. The lowest BCUT2D eigenvalue weighted by atomic mass is 10.1. The molecule has 0 radical (unpaired) electrons. The molecule has 0 aromatic heterocycles. The predicted molar refractivity (Wildman–Crippen MR) is 48.1 cm³/mol. The zero-order chi connectivity index (χ0) is 9.03. The summed E-state index contributed by atoms with van der Waals surface area (Å²) in [6.45, 7) is 5.99. The van der Waals surface area contributed by atoms with Gasteiger partial charge in [-0.2, -0.15) is 0 Å². The van der Waals surface area contributed by atoms with Crippen LogP contribution in [0.15, 0.2) is 0 Å². The minimum Gasteiger partial charge on any atom is -0.388 e. The fourth-order valence-electron chi connectivity index (χ4n) is 1.28. The van der Waals surface area contributed by atoms with Crippen LogP contribution in [0.2, 0.25) is 0 Å². The minimum absolute atomic E-state index is 0.296. The molecule has 72 valence electrons. The zero-order valence-electron chi connectivity index (χ0n) is 7.97. The molecule has 1 unspecified atom stereocenters. The van der Waals surface area contributed by atoms with Gasteiger partial charge in [-0.05, 0) is 33.2 Å². The summed E-state index contributed by atoms with van der Waals surface area (Å²) in [7, 11) is 0. The molecule has 1 saturated heterocycles. The summed E-state index contributed by atoms with van der Waals surface area (Å²) in [6.07, 6.45) is 2.59. The van der Waals surface area contributed by atoms with Gasteiger partial charge in [0.2, 0.25) is 0 Å². The van der Waals surface area contributed by atoms with Crippen LogP contribution in [0.4, 0.5) is 0 Å². The second kappa shape index (κ2) is 4.21. The fraction of sp³-hybridized carbons (Fsp3) is 1.00. The molecule has 1 rings (SSSR count). The Labute approximate surface area is 74.1 Å². The standard InChI is InChI=1S/C9H19NO2/c1-9(2,11)7-12-8-4-3-5-10-6-8/h8,10-11H,3-7H2,1-2H3. The molecule has 2 N–H and O–H groups in total. The molecule has 0 bridgehead atoms. The van der Waals surface area contributed by atoms with E-state index in [1.54, 1.807) is 13.8 Å². The van der Waals surface area contributed by atoms with Gasteiger partial charge in [0, 0.05) is 6.54 Å². The van der Waals surface area contributed by atoms with E-state index in [-0.39, 0.29) is 0 Å². The van der Waals surface area contributed by atoms with E-state index in [1.807, 2.05) is 0 Å². The van der Waals surface area contributed by atoms with Crippen molar-refractivity contribution >= 4 is 0 Å². The van der Waals surface area contributed by atoms with Gasteiger partial charge >= 0.3 is 0 Å². The van der Waals surface area contributed by atoms with Crippen LogP contribution < -0.4 is 5.32 Å². The normalized spacial score (nSPS) is 25.8. The molecule has 0 aliphatic carbocycles. The highest BCUT2D eigenvalue weighted by atomic mass is 16.5. The molecular weight excluding hydrogens is 154 g/mol. The largest absolute Gasteiger partial charge is 0.388 e. The molecule has 1 aliphatic heterocycles. The predicted octanol–water partition coefficient (Wildman–Crippen LogP) is 0.526. The second-order valence-corrected chi connectivity index (χ2v) is 4.09. The minimum atomic E-state index is -0.697. The Hall–Kier alpha value is -0.120. The van der Waals surface area contributed by atoms with Crippen molar-refractivity contribution in [1.29, 1.82) is 0 Å². The topological polar surface area (TPSA) is 41.5 Å². The molecule has 0 amide bonds. The molecule has 3 heteroatoms. The highest BCUT2D eigenvalue weighted by Crippen LogP contribution is 2.09. The molecule has 0 aromatic carbocycles. The van der Waals surface area contributed by atoms with E-state index >= 15 is 0 Å². The average molecular weight is 173 g/mol. The van der Waals surface area contributed by atoms with E-state index in [0.29, 0.717) is 12.7 Å². The van der Waals surface area contributed by atoms with Crippen LogP contribution in [-0.2, 0) is 4.74 Å². The summed E-state index contributed by atoms with van der Waals surface area (Å²) in [6, 6.07) is 0. The van der Waals surface area contributed by atoms with E-state index in [2.05, 4.69) is 5.32 Å². The Morgan fingerprint density at radius 2 is 2.33 bits per heavy atom. The quantitative estimate of drug-likeness (QED) is 0.654. The summed E-state index contributed by atoms with van der Waals surface area (Å²) < 4.78 is 5.53. The van der Waals surface area contributed by atoms with Gasteiger partial charge in [-0.3, -0.25) is 0 Å². The van der Waals surface area contributed by atoms with Gasteiger partial charge < -0.3 is 15.2 Å². The van der Waals surface area contributed by atoms with Gasteiger partial charge in [0.15, 0.2) is 0 Å². The Morgan fingerprint density at radius 1 is 1.58 bits per heavy atom. The third-order valence-corrected chi connectivity index (χ3v) is 1.92. The van der Waals surface area contributed by atoms with Crippen molar-refractivity contribution in [3.63, 3.8) is 0 Å². The molecule has 1 heterocycles. The molecule has 1 fully saturated rings. The van der Waals surface area contributed by atoms with Crippen LogP contribution in [0.3, 0.4) is 0 Å². The van der Waals surface area contributed by atoms with Crippen molar-refractivity contribution in [2.24, 2.45) is 0 Å². The number of piperidine rings is 1. The number of nitrogens with one attached hydrogen (secondary N) is 1. The van der Waals surface area contributed by atoms with Gasteiger partial charge in [-0.25, -0.2) is 0 Å². The highest BCUT2D eigenvalue weighted by molar-refractivity contribution is 4.71. The van der Waals surface area contributed by atoms with Crippen LogP contribution in [0, 0.1) is 0 Å². The lowest BCUT2D eigenvalue weighted by Gasteiger charge is -2.26. The smallest absolute Gasteiger partial charge is 0.0824 e. The molecule has 3 nitrogen and oxygen atoms in total. The zero-order valence-corrected chi connectivity index (χ0v) is 7.97. The summed E-state index contributed by atoms with van der Waals surface area (Å²) >= 11 is 0. The van der Waals surface area contributed by atoms with E-state index in [0.717, 1.165) is 19.5 Å². The SMILES string of the molecule is CC(C)(O)COC1CCCNC1. The van der Waals surface area contributed by atoms with Crippen molar-refractivity contribution in [2.75, 3.05) is 19.7 Å². The van der Waals surface area contributed by atoms with Crippen molar-refractivity contribution in [3.8, 4) is 0 Å². The first-order chi connectivity index (χ1) is 5.58. The maximum atomic E-state index is 9.40. The van der Waals surface area contributed by atoms with Crippen molar-refractivity contribution in [1.82, 2.24) is 5.32 Å². The molecular formula is C9H19NO2. The van der Waals surface area contributed by atoms with Gasteiger partial charge in [-0.15, -0.1) is 0 Å². The number of hydrogen-bond acceptors (Lipinski definition) is 3. The summed E-state index contributed by atoms with van der Waals surface area (Å²) in [5.74, 6) is 0. The summed E-state index contributed by atoms with van der Waals surface area (Å²) in [4.78, 5) is 0. The summed E-state index contributed by atoms with van der Waals surface area (Å²) in [5.41, 5.74) is -0.697. The van der Waals surface area contributed by atoms with E-state index in [4.69, 9.17) is 4.74 Å². The lowest BCUT2D eigenvalue weighted by molar-refractivity contribution is -0.0582. The van der Waals surface area contributed by atoms with Crippen LogP contribution in [-0.4, -0.2) is 36.5 Å². The molecule has 0 spiro atoms. The maximum absolute atomic E-state index is 9.40. The number of hydrogen-bond donors (Lipinski definition) is 2. The maximum Gasteiger partial charge on any atom is 0.0824 e. The van der Waals surface area contributed by atoms with E-state index in [1.165, 1.54) is 6.42 Å². The van der Waals surface area contributed by atoms with E-state index in [9.17, 15) is 5.11 Å². The highest BCUT2D eigenvalue weighted by Gasteiger charge is 2.18. The third kappa shape index (κ3) is 4.04. The average Bonchev–Trinajstić information content (AvgIpc) is 2.02. The van der Waals surface area contributed by atoms with Gasteiger partial charge in [0.1, 0.15) is 0 Å². The molecule has 0 saturated carbocycles. The monoisotopic (exact) mass is 173 g/mol.